The highest BCUT2D eigenvalue weighted by molar-refractivity contribution is 6.33. The van der Waals surface area contributed by atoms with Crippen LogP contribution in [-0.4, -0.2) is 24.4 Å². The van der Waals surface area contributed by atoms with Crippen LogP contribution in [0.4, 0.5) is 5.69 Å². The quantitative estimate of drug-likeness (QED) is 0.930. The van der Waals surface area contributed by atoms with Crippen molar-refractivity contribution in [3.63, 3.8) is 0 Å². The largest absolute Gasteiger partial charge is 0.353 e. The summed E-state index contributed by atoms with van der Waals surface area (Å²) < 4.78 is 0. The number of nitrogens with one attached hydrogen (secondary N) is 1. The van der Waals surface area contributed by atoms with Crippen LogP contribution < -0.4 is 10.2 Å². The molecular weight excluding hydrogens is 300 g/mol. The molecule has 22 heavy (non-hydrogen) atoms. The Balaban J connectivity index is 1.64. The van der Waals surface area contributed by atoms with E-state index in [9.17, 15) is 9.59 Å². The molecule has 1 N–H and O–H groups in total. The number of halogens is 1. The first-order chi connectivity index (χ1) is 10.6. The molecule has 2 fully saturated rings. The normalized spacial score (nSPS) is 22.9. The summed E-state index contributed by atoms with van der Waals surface area (Å²) in [6.07, 6.45) is 6.00. The minimum absolute atomic E-state index is 0.00908. The second-order valence-corrected chi connectivity index (χ2v) is 6.61. The molecule has 0 radical (unpaired) electrons. The first-order valence-corrected chi connectivity index (χ1v) is 8.38. The zero-order valence-electron chi connectivity index (χ0n) is 12.6. The van der Waals surface area contributed by atoms with Crippen LogP contribution in [0.5, 0.6) is 0 Å². The summed E-state index contributed by atoms with van der Waals surface area (Å²) in [7, 11) is 0. The minimum Gasteiger partial charge on any atom is -0.353 e. The van der Waals surface area contributed by atoms with E-state index in [1.165, 1.54) is 19.3 Å². The topological polar surface area (TPSA) is 49.4 Å². The Morgan fingerprint density at radius 2 is 1.91 bits per heavy atom. The van der Waals surface area contributed by atoms with Crippen LogP contribution in [-0.2, 0) is 9.59 Å². The highest BCUT2D eigenvalue weighted by atomic mass is 35.5. The molecule has 1 atom stereocenters. The molecule has 1 aromatic carbocycles. The van der Waals surface area contributed by atoms with E-state index in [2.05, 4.69) is 5.32 Å². The maximum absolute atomic E-state index is 12.4. The van der Waals surface area contributed by atoms with Crippen molar-refractivity contribution < 1.29 is 9.59 Å². The van der Waals surface area contributed by atoms with Gasteiger partial charge in [0.15, 0.2) is 0 Å². The molecule has 4 nitrogen and oxygen atoms in total. The number of hydrogen-bond donors (Lipinski definition) is 1. The smallest absolute Gasteiger partial charge is 0.227 e. The number of nitrogens with zero attached hydrogens (tertiary/aromatic N) is 1. The van der Waals surface area contributed by atoms with E-state index in [0.717, 1.165) is 12.8 Å². The molecular formula is C17H21ClN2O2. The second-order valence-electron chi connectivity index (χ2n) is 6.20. The number of carbonyl (C=O) groups excluding carboxylic acids is 2. The molecule has 1 aliphatic carbocycles. The van der Waals surface area contributed by atoms with E-state index in [-0.39, 0.29) is 30.2 Å². The molecule has 2 aliphatic rings. The van der Waals surface area contributed by atoms with Gasteiger partial charge in [0.05, 0.1) is 16.6 Å². The van der Waals surface area contributed by atoms with E-state index in [1.807, 2.05) is 18.2 Å². The molecule has 1 aliphatic heterocycles. The number of hydrogen-bond acceptors (Lipinski definition) is 2. The van der Waals surface area contributed by atoms with Gasteiger partial charge in [-0.05, 0) is 25.0 Å². The zero-order chi connectivity index (χ0) is 15.5. The lowest BCUT2D eigenvalue weighted by Crippen LogP contribution is -2.40. The summed E-state index contributed by atoms with van der Waals surface area (Å²) in [5, 5.41) is 3.66. The SMILES string of the molecule is O=C(NC1CCCCC1)[C@@H]1CC(=O)N(c2ccccc2Cl)C1. The van der Waals surface area contributed by atoms with Crippen LogP contribution in [0.2, 0.25) is 5.02 Å². The monoisotopic (exact) mass is 320 g/mol. The average Bonchev–Trinajstić information content (AvgIpc) is 2.91. The first kappa shape index (κ1) is 15.3. The average molecular weight is 321 g/mol. The lowest BCUT2D eigenvalue weighted by Gasteiger charge is -2.24. The van der Waals surface area contributed by atoms with E-state index in [4.69, 9.17) is 11.6 Å². The minimum atomic E-state index is -0.273. The second kappa shape index (κ2) is 6.69. The Hall–Kier alpha value is -1.55. The first-order valence-electron chi connectivity index (χ1n) is 8.00. The van der Waals surface area contributed by atoms with E-state index < -0.39 is 0 Å². The molecule has 1 heterocycles. The van der Waals surface area contributed by atoms with Crippen LogP contribution in [0, 0.1) is 5.92 Å². The fourth-order valence-electron chi connectivity index (χ4n) is 3.35. The Labute approximate surface area is 135 Å². The van der Waals surface area contributed by atoms with E-state index in [1.54, 1.807) is 11.0 Å². The van der Waals surface area contributed by atoms with Gasteiger partial charge < -0.3 is 10.2 Å². The van der Waals surface area contributed by atoms with Gasteiger partial charge in [-0.1, -0.05) is 43.0 Å². The number of anilines is 1. The van der Waals surface area contributed by atoms with Gasteiger partial charge in [0, 0.05) is 19.0 Å². The van der Waals surface area contributed by atoms with Crippen molar-refractivity contribution in [3.8, 4) is 0 Å². The molecule has 1 aromatic rings. The van der Waals surface area contributed by atoms with Crippen LogP contribution in [0.3, 0.4) is 0 Å². The van der Waals surface area contributed by atoms with Crippen molar-refractivity contribution in [2.24, 2.45) is 5.92 Å². The standard InChI is InChI=1S/C17H21ClN2O2/c18-14-8-4-5-9-15(14)20-11-12(10-16(20)21)17(22)19-13-6-2-1-3-7-13/h4-5,8-9,12-13H,1-3,6-7,10-11H2,(H,19,22)/t12-/m1/s1. The number of rotatable bonds is 3. The summed E-state index contributed by atoms with van der Waals surface area (Å²) in [6, 6.07) is 7.55. The zero-order valence-corrected chi connectivity index (χ0v) is 13.3. The van der Waals surface area contributed by atoms with Gasteiger partial charge >= 0.3 is 0 Å². The molecule has 5 heteroatoms. The molecule has 0 bridgehead atoms. The van der Waals surface area contributed by atoms with Crippen molar-refractivity contribution in [2.75, 3.05) is 11.4 Å². The summed E-state index contributed by atoms with van der Waals surface area (Å²) in [5.74, 6) is -0.294. The fourth-order valence-corrected chi connectivity index (χ4v) is 3.59. The van der Waals surface area contributed by atoms with Crippen molar-refractivity contribution in [1.29, 1.82) is 0 Å². The molecule has 118 valence electrons. The van der Waals surface area contributed by atoms with Gasteiger partial charge in [-0.25, -0.2) is 0 Å². The molecule has 0 spiro atoms. The molecule has 1 saturated heterocycles. The summed E-state index contributed by atoms with van der Waals surface area (Å²) in [6.45, 7) is 0.418. The Kier molecular flexibility index (Phi) is 4.67. The van der Waals surface area contributed by atoms with Gasteiger partial charge in [-0.2, -0.15) is 0 Å². The number of carbonyl (C=O) groups is 2. The third kappa shape index (κ3) is 3.27. The maximum atomic E-state index is 12.4. The van der Waals surface area contributed by atoms with Gasteiger partial charge in [-0.3, -0.25) is 9.59 Å². The molecule has 0 unspecified atom stereocenters. The highest BCUT2D eigenvalue weighted by Gasteiger charge is 2.36. The molecule has 3 rings (SSSR count). The van der Waals surface area contributed by atoms with Crippen molar-refractivity contribution in [2.45, 2.75) is 44.6 Å². The summed E-state index contributed by atoms with van der Waals surface area (Å²) in [5.41, 5.74) is 0.696. The summed E-state index contributed by atoms with van der Waals surface area (Å²) >= 11 is 6.16. The van der Waals surface area contributed by atoms with Crippen LogP contribution in [0.25, 0.3) is 0 Å². The lowest BCUT2D eigenvalue weighted by atomic mass is 9.95. The summed E-state index contributed by atoms with van der Waals surface area (Å²) in [4.78, 5) is 26.3. The van der Waals surface area contributed by atoms with Crippen LogP contribution >= 0.6 is 11.6 Å². The maximum Gasteiger partial charge on any atom is 0.227 e. The number of amides is 2. The van der Waals surface area contributed by atoms with Gasteiger partial charge in [-0.15, -0.1) is 0 Å². The predicted molar refractivity (Wildman–Crippen MR) is 86.9 cm³/mol. The van der Waals surface area contributed by atoms with Crippen LogP contribution in [0.15, 0.2) is 24.3 Å². The van der Waals surface area contributed by atoms with E-state index in [0.29, 0.717) is 17.3 Å². The third-order valence-corrected chi connectivity index (χ3v) is 4.91. The van der Waals surface area contributed by atoms with Crippen molar-refractivity contribution >= 4 is 29.1 Å². The highest BCUT2D eigenvalue weighted by Crippen LogP contribution is 2.31. The fraction of sp³-hybridized carbons (Fsp3) is 0.529. The Bertz CT molecular complexity index is 570. The van der Waals surface area contributed by atoms with E-state index >= 15 is 0 Å². The van der Waals surface area contributed by atoms with Gasteiger partial charge in [0.25, 0.3) is 0 Å². The van der Waals surface area contributed by atoms with Crippen LogP contribution in [0.1, 0.15) is 38.5 Å². The Morgan fingerprint density at radius 3 is 2.64 bits per heavy atom. The third-order valence-electron chi connectivity index (χ3n) is 4.59. The Morgan fingerprint density at radius 1 is 1.18 bits per heavy atom. The number of para-hydroxylation sites is 1. The lowest BCUT2D eigenvalue weighted by molar-refractivity contribution is -0.127. The molecule has 1 saturated carbocycles. The van der Waals surface area contributed by atoms with Crippen molar-refractivity contribution in [1.82, 2.24) is 5.32 Å². The van der Waals surface area contributed by atoms with Gasteiger partial charge in [0.2, 0.25) is 11.8 Å². The van der Waals surface area contributed by atoms with Crippen molar-refractivity contribution in [3.05, 3.63) is 29.3 Å². The molecule has 2 amide bonds. The molecule has 0 aromatic heterocycles. The predicted octanol–water partition coefficient (Wildman–Crippen LogP) is 3.14. The number of benzene rings is 1. The van der Waals surface area contributed by atoms with Gasteiger partial charge in [0.1, 0.15) is 0 Å².